The number of unbranched alkanes of at least 4 members (excludes halogenated alkanes) is 6. The number of morpholine rings is 1. The zero-order valence-electron chi connectivity index (χ0n) is 17.2. The maximum absolute atomic E-state index is 13.0. The number of hydrogen-bond donors (Lipinski definition) is 3. The largest absolute Gasteiger partial charge is 0.377 e. The number of rotatable bonds is 13. The van der Waals surface area contributed by atoms with Crippen molar-refractivity contribution in [3.8, 4) is 0 Å². The quantitative estimate of drug-likeness (QED) is 0.353. The van der Waals surface area contributed by atoms with E-state index in [9.17, 15) is 9.90 Å². The first-order valence-corrected chi connectivity index (χ1v) is 10.8. The second-order valence-electron chi connectivity index (χ2n) is 7.79. The van der Waals surface area contributed by atoms with Crippen molar-refractivity contribution in [2.75, 3.05) is 19.7 Å². The van der Waals surface area contributed by atoms with Crippen LogP contribution in [0.15, 0.2) is 30.3 Å². The van der Waals surface area contributed by atoms with Gasteiger partial charge >= 0.3 is 0 Å². The number of hydrogen-bond acceptors (Lipinski definition) is 5. The highest BCUT2D eigenvalue weighted by Gasteiger charge is 2.39. The summed E-state index contributed by atoms with van der Waals surface area (Å²) in [7, 11) is 0. The van der Waals surface area contributed by atoms with Crippen LogP contribution in [0.2, 0.25) is 0 Å². The summed E-state index contributed by atoms with van der Waals surface area (Å²) in [5.74, 6) is -0.194. The number of Topliss-reactive ketones (excluding diaryl/α,β-unsaturated/α-hetero) is 1. The Morgan fingerprint density at radius 1 is 1.18 bits per heavy atom. The minimum absolute atomic E-state index is 0.0152. The van der Waals surface area contributed by atoms with Gasteiger partial charge in [-0.25, -0.2) is 0 Å². The Bertz CT molecular complexity index is 599. The molecule has 0 aromatic heterocycles. The third-order valence-corrected chi connectivity index (χ3v) is 5.48. The molecule has 1 aliphatic rings. The molecule has 0 amide bonds. The van der Waals surface area contributed by atoms with E-state index in [-0.39, 0.29) is 24.0 Å². The molecule has 5 heteroatoms. The van der Waals surface area contributed by atoms with Gasteiger partial charge in [-0.05, 0) is 12.0 Å². The molecule has 2 unspecified atom stereocenters. The number of nitrogens with one attached hydrogen (secondary N) is 2. The Morgan fingerprint density at radius 2 is 1.86 bits per heavy atom. The molecule has 28 heavy (non-hydrogen) atoms. The second-order valence-corrected chi connectivity index (χ2v) is 7.79. The molecule has 0 radical (unpaired) electrons. The van der Waals surface area contributed by atoms with Gasteiger partial charge in [-0.1, -0.05) is 75.8 Å². The van der Waals surface area contributed by atoms with E-state index in [4.69, 9.17) is 10.1 Å². The Kier molecular flexibility index (Phi) is 9.82. The minimum atomic E-state index is -1.65. The standard InChI is InChI=1S/C23H36N2O3/c1-2-3-4-5-6-7-11-14-22(26)23(27,19-12-9-8-10-13-19)17-20(24)21-18-25-15-16-28-21/h8-10,12-13,21,24-25,27H,2-7,11,14-18H2,1H3. The average molecular weight is 389 g/mol. The van der Waals surface area contributed by atoms with Gasteiger partial charge in [0.1, 0.15) is 6.10 Å². The Balaban J connectivity index is 1.96. The van der Waals surface area contributed by atoms with Gasteiger partial charge < -0.3 is 20.6 Å². The molecule has 5 nitrogen and oxygen atoms in total. The molecule has 3 N–H and O–H groups in total. The molecule has 0 saturated carbocycles. The average Bonchev–Trinajstić information content (AvgIpc) is 2.74. The topological polar surface area (TPSA) is 82.4 Å². The highest BCUT2D eigenvalue weighted by Crippen LogP contribution is 2.30. The summed E-state index contributed by atoms with van der Waals surface area (Å²) >= 11 is 0. The second kappa shape index (κ2) is 12.1. The van der Waals surface area contributed by atoms with Crippen molar-refractivity contribution in [3.63, 3.8) is 0 Å². The molecule has 2 atom stereocenters. The van der Waals surface area contributed by atoms with Crippen LogP contribution in [0.25, 0.3) is 0 Å². The summed E-state index contributed by atoms with van der Waals surface area (Å²) in [6, 6.07) is 9.06. The fraction of sp³-hybridized carbons (Fsp3) is 0.652. The number of benzene rings is 1. The molecular weight excluding hydrogens is 352 g/mol. The van der Waals surface area contributed by atoms with E-state index >= 15 is 0 Å². The van der Waals surface area contributed by atoms with Crippen molar-refractivity contribution in [1.82, 2.24) is 5.32 Å². The number of carbonyl (C=O) groups excluding carboxylic acids is 1. The van der Waals surface area contributed by atoms with Gasteiger partial charge in [0.15, 0.2) is 11.4 Å². The van der Waals surface area contributed by atoms with E-state index in [1.165, 1.54) is 25.7 Å². The molecule has 1 heterocycles. The Hall–Kier alpha value is -1.56. The van der Waals surface area contributed by atoms with Crippen LogP contribution < -0.4 is 5.32 Å². The fourth-order valence-corrected chi connectivity index (χ4v) is 3.70. The van der Waals surface area contributed by atoms with Crippen molar-refractivity contribution >= 4 is 11.5 Å². The van der Waals surface area contributed by atoms with E-state index < -0.39 is 5.60 Å². The van der Waals surface area contributed by atoms with E-state index in [1.54, 1.807) is 12.1 Å². The van der Waals surface area contributed by atoms with Crippen molar-refractivity contribution < 1.29 is 14.6 Å². The van der Waals surface area contributed by atoms with Gasteiger partial charge in [0, 0.05) is 31.6 Å². The van der Waals surface area contributed by atoms with Gasteiger partial charge in [0.25, 0.3) is 0 Å². The third-order valence-electron chi connectivity index (χ3n) is 5.48. The minimum Gasteiger partial charge on any atom is -0.377 e. The van der Waals surface area contributed by atoms with Crippen LogP contribution in [-0.2, 0) is 15.1 Å². The van der Waals surface area contributed by atoms with Crippen molar-refractivity contribution in [3.05, 3.63) is 35.9 Å². The van der Waals surface area contributed by atoms with Gasteiger partial charge in [-0.2, -0.15) is 0 Å². The normalized spacial score (nSPS) is 19.1. The molecule has 2 rings (SSSR count). The van der Waals surface area contributed by atoms with Gasteiger partial charge in [0.2, 0.25) is 0 Å². The highest BCUT2D eigenvalue weighted by molar-refractivity contribution is 5.96. The number of ether oxygens (including phenoxy) is 1. The summed E-state index contributed by atoms with van der Waals surface area (Å²) in [4.78, 5) is 13.0. The molecule has 0 spiro atoms. The molecule has 1 fully saturated rings. The van der Waals surface area contributed by atoms with Crippen molar-refractivity contribution in [2.45, 2.75) is 76.4 Å². The zero-order valence-corrected chi connectivity index (χ0v) is 17.2. The molecule has 1 aromatic carbocycles. The van der Waals surface area contributed by atoms with E-state index in [0.29, 0.717) is 25.1 Å². The summed E-state index contributed by atoms with van der Waals surface area (Å²) in [5, 5.41) is 23.0. The van der Waals surface area contributed by atoms with E-state index in [2.05, 4.69) is 12.2 Å². The van der Waals surface area contributed by atoms with Crippen LogP contribution in [0.5, 0.6) is 0 Å². The van der Waals surface area contributed by atoms with Gasteiger partial charge in [-0.15, -0.1) is 0 Å². The number of aliphatic hydroxyl groups is 1. The molecule has 156 valence electrons. The lowest BCUT2D eigenvalue weighted by atomic mass is 9.81. The summed E-state index contributed by atoms with van der Waals surface area (Å²) in [6.07, 6.45) is 7.84. The summed E-state index contributed by atoms with van der Waals surface area (Å²) in [5.41, 5.74) is -0.815. The lowest BCUT2D eigenvalue weighted by molar-refractivity contribution is -0.138. The van der Waals surface area contributed by atoms with Crippen LogP contribution in [0.3, 0.4) is 0 Å². The van der Waals surface area contributed by atoms with Crippen molar-refractivity contribution in [2.24, 2.45) is 0 Å². The van der Waals surface area contributed by atoms with Crippen LogP contribution in [0.4, 0.5) is 0 Å². The maximum atomic E-state index is 13.0. The molecule has 0 aliphatic carbocycles. The summed E-state index contributed by atoms with van der Waals surface area (Å²) < 4.78 is 5.64. The molecule has 0 bridgehead atoms. The first-order chi connectivity index (χ1) is 13.6. The SMILES string of the molecule is CCCCCCCCCC(=O)C(O)(CC(=N)C1CNCCO1)c1ccccc1. The van der Waals surface area contributed by atoms with Gasteiger partial charge in [0.05, 0.1) is 6.61 Å². The first-order valence-electron chi connectivity index (χ1n) is 10.8. The Labute approximate surface area is 169 Å². The van der Waals surface area contributed by atoms with Crippen LogP contribution in [-0.4, -0.2) is 42.4 Å². The number of carbonyl (C=O) groups is 1. The molecular formula is C23H36N2O3. The lowest BCUT2D eigenvalue weighted by Crippen LogP contribution is -2.46. The smallest absolute Gasteiger partial charge is 0.169 e. The fourth-order valence-electron chi connectivity index (χ4n) is 3.70. The summed E-state index contributed by atoms with van der Waals surface area (Å²) in [6.45, 7) is 4.07. The lowest BCUT2D eigenvalue weighted by Gasteiger charge is -2.31. The van der Waals surface area contributed by atoms with E-state index in [0.717, 1.165) is 25.8 Å². The highest BCUT2D eigenvalue weighted by atomic mass is 16.5. The number of ketones is 1. The first kappa shape index (κ1) is 22.7. The monoisotopic (exact) mass is 388 g/mol. The zero-order chi connectivity index (χ0) is 20.2. The van der Waals surface area contributed by atoms with Crippen LogP contribution in [0, 0.1) is 5.41 Å². The van der Waals surface area contributed by atoms with E-state index in [1.807, 2.05) is 18.2 Å². The van der Waals surface area contributed by atoms with Crippen LogP contribution in [0.1, 0.15) is 70.3 Å². The maximum Gasteiger partial charge on any atom is 0.169 e. The third kappa shape index (κ3) is 6.80. The molecule has 1 aromatic rings. The van der Waals surface area contributed by atoms with Gasteiger partial charge in [-0.3, -0.25) is 4.79 Å². The molecule has 1 saturated heterocycles. The predicted octanol–water partition coefficient (Wildman–Crippen LogP) is 3.98. The van der Waals surface area contributed by atoms with Crippen molar-refractivity contribution in [1.29, 1.82) is 5.41 Å². The Morgan fingerprint density at radius 3 is 2.50 bits per heavy atom. The molecule has 1 aliphatic heterocycles. The van der Waals surface area contributed by atoms with Crippen LogP contribution >= 0.6 is 0 Å². The predicted molar refractivity (Wildman–Crippen MR) is 113 cm³/mol.